The van der Waals surface area contributed by atoms with E-state index in [0.29, 0.717) is 12.6 Å². The molecule has 2 aliphatic heterocycles. The molecular formula is C11H18N2O. The fourth-order valence-electron chi connectivity index (χ4n) is 2.42. The molecule has 0 aliphatic carbocycles. The van der Waals surface area contributed by atoms with Crippen molar-refractivity contribution in [2.24, 2.45) is 5.16 Å². The molecule has 0 amide bonds. The van der Waals surface area contributed by atoms with Crippen LogP contribution < -0.4 is 0 Å². The molecule has 14 heavy (non-hydrogen) atoms. The highest BCUT2D eigenvalue weighted by Gasteiger charge is 2.34. The summed E-state index contributed by atoms with van der Waals surface area (Å²) in [5.41, 5.74) is 1.33. The first-order valence-corrected chi connectivity index (χ1v) is 5.40. The zero-order chi connectivity index (χ0) is 9.97. The highest BCUT2D eigenvalue weighted by atomic mass is 16.6. The maximum atomic E-state index is 4.99. The Morgan fingerprint density at radius 3 is 3.29 bits per heavy atom. The molecule has 3 nitrogen and oxygen atoms in total. The van der Waals surface area contributed by atoms with Crippen LogP contribution in [0.1, 0.15) is 26.2 Å². The van der Waals surface area contributed by atoms with Crippen molar-refractivity contribution >= 4 is 6.21 Å². The monoisotopic (exact) mass is 194 g/mol. The van der Waals surface area contributed by atoms with Crippen molar-refractivity contribution < 1.29 is 4.84 Å². The molecule has 2 rings (SSSR count). The van der Waals surface area contributed by atoms with Crippen LogP contribution in [0.4, 0.5) is 0 Å². The van der Waals surface area contributed by atoms with Crippen molar-refractivity contribution in [3.8, 4) is 0 Å². The molecule has 0 N–H and O–H groups in total. The van der Waals surface area contributed by atoms with Crippen molar-refractivity contribution in [1.29, 1.82) is 0 Å². The van der Waals surface area contributed by atoms with Crippen LogP contribution in [0.5, 0.6) is 0 Å². The zero-order valence-corrected chi connectivity index (χ0v) is 8.94. The lowest BCUT2D eigenvalue weighted by Crippen LogP contribution is -2.36. The van der Waals surface area contributed by atoms with Crippen molar-refractivity contribution in [2.75, 3.05) is 13.7 Å². The summed E-state index contributed by atoms with van der Waals surface area (Å²) in [6.07, 6.45) is 7.95. The second kappa shape index (κ2) is 4.13. The predicted molar refractivity (Wildman–Crippen MR) is 57.4 cm³/mol. The van der Waals surface area contributed by atoms with Gasteiger partial charge in [0.05, 0.1) is 6.21 Å². The Balaban J connectivity index is 2.02. The number of rotatable bonds is 3. The van der Waals surface area contributed by atoms with Gasteiger partial charge in [-0.15, -0.1) is 0 Å². The Morgan fingerprint density at radius 1 is 1.64 bits per heavy atom. The first-order chi connectivity index (χ1) is 6.83. The summed E-state index contributed by atoms with van der Waals surface area (Å²) in [5, 5.41) is 3.94. The van der Waals surface area contributed by atoms with Crippen LogP contribution in [0.3, 0.4) is 0 Å². The summed E-state index contributed by atoms with van der Waals surface area (Å²) >= 11 is 0. The summed E-state index contributed by atoms with van der Waals surface area (Å²) in [4.78, 5) is 7.45. The molecule has 2 atom stereocenters. The minimum Gasteiger partial charge on any atom is -0.396 e. The topological polar surface area (TPSA) is 24.8 Å². The molecule has 78 valence electrons. The molecule has 1 saturated heterocycles. The van der Waals surface area contributed by atoms with Gasteiger partial charge in [-0.2, -0.15) is 0 Å². The lowest BCUT2D eigenvalue weighted by atomic mass is 10.0. The van der Waals surface area contributed by atoms with E-state index in [2.05, 4.69) is 23.2 Å². The predicted octanol–water partition coefficient (Wildman–Crippen LogP) is 1.80. The average molecular weight is 194 g/mol. The van der Waals surface area contributed by atoms with E-state index in [9.17, 15) is 0 Å². The maximum absolute atomic E-state index is 4.99. The van der Waals surface area contributed by atoms with Crippen molar-refractivity contribution in [3.05, 3.63) is 11.6 Å². The van der Waals surface area contributed by atoms with Gasteiger partial charge in [-0.25, -0.2) is 0 Å². The molecule has 2 heterocycles. The van der Waals surface area contributed by atoms with Gasteiger partial charge in [-0.05, 0) is 38.8 Å². The van der Waals surface area contributed by atoms with E-state index < -0.39 is 0 Å². The van der Waals surface area contributed by atoms with E-state index in [1.165, 1.54) is 24.8 Å². The fraction of sp³-hybridized carbons (Fsp3) is 0.727. The van der Waals surface area contributed by atoms with Gasteiger partial charge in [0.25, 0.3) is 0 Å². The van der Waals surface area contributed by atoms with Crippen molar-refractivity contribution in [2.45, 2.75) is 38.3 Å². The molecule has 1 fully saturated rings. The average Bonchev–Trinajstić information content (AvgIpc) is 2.44. The summed E-state index contributed by atoms with van der Waals surface area (Å²) in [7, 11) is 2.21. The number of nitrogens with zero attached hydrogens (tertiary/aromatic N) is 2. The van der Waals surface area contributed by atoms with E-state index in [4.69, 9.17) is 4.84 Å². The number of fused-ring (bicyclic) bond motifs is 2. The van der Waals surface area contributed by atoms with E-state index in [0.717, 1.165) is 6.04 Å². The fourth-order valence-corrected chi connectivity index (χ4v) is 2.42. The van der Waals surface area contributed by atoms with Crippen LogP contribution in [0.15, 0.2) is 16.8 Å². The molecule has 2 unspecified atom stereocenters. The largest absolute Gasteiger partial charge is 0.396 e. The van der Waals surface area contributed by atoms with Crippen LogP contribution in [0.25, 0.3) is 0 Å². The van der Waals surface area contributed by atoms with E-state index in [1.54, 1.807) is 0 Å². The van der Waals surface area contributed by atoms with Crippen molar-refractivity contribution in [1.82, 2.24) is 4.90 Å². The molecule has 0 aromatic heterocycles. The van der Waals surface area contributed by atoms with E-state index >= 15 is 0 Å². The molecule has 2 bridgehead atoms. The van der Waals surface area contributed by atoms with Gasteiger partial charge in [0.15, 0.2) is 0 Å². The normalized spacial score (nSPS) is 32.3. The number of oxime groups is 1. The highest BCUT2D eigenvalue weighted by molar-refractivity contribution is 5.80. The second-order valence-corrected chi connectivity index (χ2v) is 4.00. The van der Waals surface area contributed by atoms with Gasteiger partial charge in [0.2, 0.25) is 0 Å². The molecule has 0 aromatic carbocycles. The standard InChI is InChI=1S/C11H18N2O/c1-3-14-12-8-9-4-5-10-6-7-11(9)13(10)2/h4,8,10-11H,3,5-7H2,1-2H3/b12-8+. The van der Waals surface area contributed by atoms with Crippen LogP contribution in [0, 0.1) is 0 Å². The quantitative estimate of drug-likeness (QED) is 0.505. The minimum atomic E-state index is 0.581. The van der Waals surface area contributed by atoms with Gasteiger partial charge in [-0.3, -0.25) is 4.90 Å². The molecule has 0 radical (unpaired) electrons. The van der Waals surface area contributed by atoms with Gasteiger partial charge < -0.3 is 4.84 Å². The third kappa shape index (κ3) is 1.69. The number of hydrogen-bond acceptors (Lipinski definition) is 3. The molecular weight excluding hydrogens is 176 g/mol. The number of hydrogen-bond donors (Lipinski definition) is 0. The Morgan fingerprint density at radius 2 is 2.50 bits per heavy atom. The Kier molecular flexibility index (Phi) is 2.87. The smallest absolute Gasteiger partial charge is 0.114 e. The van der Waals surface area contributed by atoms with E-state index in [1.807, 2.05) is 13.1 Å². The summed E-state index contributed by atoms with van der Waals surface area (Å²) < 4.78 is 0. The lowest BCUT2D eigenvalue weighted by Gasteiger charge is -2.29. The second-order valence-electron chi connectivity index (χ2n) is 4.00. The van der Waals surface area contributed by atoms with Crippen LogP contribution in [-0.2, 0) is 4.84 Å². The molecule has 0 spiro atoms. The SMILES string of the molecule is CCO/N=C/C1=CCC2CCC1N2C. The first kappa shape index (κ1) is 9.71. The Labute approximate surface area is 85.4 Å². The van der Waals surface area contributed by atoms with Gasteiger partial charge in [-0.1, -0.05) is 11.2 Å². The van der Waals surface area contributed by atoms with Gasteiger partial charge in [0.1, 0.15) is 6.61 Å². The summed E-state index contributed by atoms with van der Waals surface area (Å²) in [5.74, 6) is 0. The highest BCUT2D eigenvalue weighted by Crippen LogP contribution is 2.33. The Bertz CT molecular complexity index is 260. The molecule has 0 saturated carbocycles. The molecule has 2 aliphatic rings. The maximum Gasteiger partial charge on any atom is 0.114 e. The summed E-state index contributed by atoms with van der Waals surface area (Å²) in [6, 6.07) is 1.35. The summed E-state index contributed by atoms with van der Waals surface area (Å²) in [6.45, 7) is 2.59. The third-order valence-corrected chi connectivity index (χ3v) is 3.26. The van der Waals surface area contributed by atoms with Crippen LogP contribution >= 0.6 is 0 Å². The molecule has 0 aromatic rings. The Hall–Kier alpha value is -0.830. The van der Waals surface area contributed by atoms with Gasteiger partial charge >= 0.3 is 0 Å². The first-order valence-electron chi connectivity index (χ1n) is 5.40. The minimum absolute atomic E-state index is 0.581. The zero-order valence-electron chi connectivity index (χ0n) is 8.94. The number of likely N-dealkylation sites (N-methyl/N-ethyl adjacent to an activating group) is 1. The lowest BCUT2D eigenvalue weighted by molar-refractivity contribution is 0.160. The van der Waals surface area contributed by atoms with Crippen molar-refractivity contribution in [3.63, 3.8) is 0 Å². The van der Waals surface area contributed by atoms with Crippen LogP contribution in [-0.4, -0.2) is 36.9 Å². The van der Waals surface area contributed by atoms with E-state index in [-0.39, 0.29) is 0 Å². The van der Waals surface area contributed by atoms with Crippen LogP contribution in [0.2, 0.25) is 0 Å². The third-order valence-electron chi connectivity index (χ3n) is 3.26. The van der Waals surface area contributed by atoms with Gasteiger partial charge in [0, 0.05) is 12.1 Å². The molecule has 3 heteroatoms.